The van der Waals surface area contributed by atoms with Crippen LogP contribution in [0.4, 0.5) is 4.39 Å². The normalized spacial score (nSPS) is 11.7. The molecule has 1 heterocycles. The first-order valence-electron chi connectivity index (χ1n) is 9.42. The van der Waals surface area contributed by atoms with Crippen molar-refractivity contribution in [2.75, 3.05) is 0 Å². The highest BCUT2D eigenvalue weighted by Gasteiger charge is 2.23. The molecule has 2 aromatic carbocycles. The number of aromatic nitrogens is 2. The van der Waals surface area contributed by atoms with E-state index in [1.54, 1.807) is 24.1 Å². The molecule has 0 spiro atoms. The van der Waals surface area contributed by atoms with E-state index in [0.717, 1.165) is 11.3 Å². The molecule has 0 aliphatic rings. The van der Waals surface area contributed by atoms with E-state index in [9.17, 15) is 14.0 Å². The van der Waals surface area contributed by atoms with Crippen LogP contribution in [0.25, 0.3) is 11.4 Å². The van der Waals surface area contributed by atoms with Crippen molar-refractivity contribution in [1.29, 1.82) is 0 Å². The summed E-state index contributed by atoms with van der Waals surface area (Å²) in [5, 5.41) is 2.83. The van der Waals surface area contributed by atoms with E-state index < -0.39 is 11.9 Å². The van der Waals surface area contributed by atoms with Gasteiger partial charge < -0.3 is 15.2 Å². The highest BCUT2D eigenvalue weighted by atomic mass is 35.5. The molecule has 0 aliphatic carbocycles. The first kappa shape index (κ1) is 21.5. The maximum Gasteiger partial charge on any atom is 0.245 e. The molecule has 3 aromatic rings. The van der Waals surface area contributed by atoms with E-state index >= 15 is 0 Å². The summed E-state index contributed by atoms with van der Waals surface area (Å²) in [6, 6.07) is 12.9. The second kappa shape index (κ2) is 9.54. The van der Waals surface area contributed by atoms with Crippen molar-refractivity contribution in [2.45, 2.75) is 33.0 Å². The van der Waals surface area contributed by atoms with Crippen LogP contribution in [0.3, 0.4) is 0 Å². The predicted octanol–water partition coefficient (Wildman–Crippen LogP) is 3.92. The Labute approximate surface area is 179 Å². The first-order chi connectivity index (χ1) is 14.3. The number of carbonyl (C=O) groups is 2. The van der Waals surface area contributed by atoms with Crippen LogP contribution >= 0.6 is 11.6 Å². The van der Waals surface area contributed by atoms with Gasteiger partial charge in [0.25, 0.3) is 0 Å². The zero-order valence-corrected chi connectivity index (χ0v) is 17.4. The molecule has 0 aliphatic heterocycles. The quantitative estimate of drug-likeness (QED) is 0.598. The van der Waals surface area contributed by atoms with Gasteiger partial charge in [0.1, 0.15) is 17.7 Å². The lowest BCUT2D eigenvalue weighted by Gasteiger charge is -2.26. The third-order valence-electron chi connectivity index (χ3n) is 4.52. The van der Waals surface area contributed by atoms with Gasteiger partial charge >= 0.3 is 0 Å². The lowest BCUT2D eigenvalue weighted by atomic mass is 10.1. The van der Waals surface area contributed by atoms with Crippen LogP contribution in [0.5, 0.6) is 0 Å². The molecule has 0 radical (unpaired) electrons. The van der Waals surface area contributed by atoms with E-state index in [2.05, 4.69) is 15.3 Å². The first-order valence-corrected chi connectivity index (χ1v) is 9.80. The molecule has 156 valence electrons. The van der Waals surface area contributed by atoms with Crippen molar-refractivity contribution in [3.05, 3.63) is 76.8 Å². The summed E-state index contributed by atoms with van der Waals surface area (Å²) in [7, 11) is 0. The van der Waals surface area contributed by atoms with E-state index in [-0.39, 0.29) is 29.9 Å². The standard InChI is InChI=1S/C22H22ClFN4O2/c1-14(26-15(2)29)22(30)28(12-17-8-9-18(24)10-20(17)23)13-19-11-25-21(27-19)16-6-4-3-5-7-16/h3-11,14H,12-13H2,1-2H3,(H,25,27)(H,26,29). The van der Waals surface area contributed by atoms with Crippen molar-refractivity contribution in [1.82, 2.24) is 20.2 Å². The third-order valence-corrected chi connectivity index (χ3v) is 4.87. The fourth-order valence-corrected chi connectivity index (χ4v) is 3.32. The predicted molar refractivity (Wildman–Crippen MR) is 113 cm³/mol. The van der Waals surface area contributed by atoms with Crippen LogP contribution in [-0.2, 0) is 22.7 Å². The molecule has 0 saturated heterocycles. The van der Waals surface area contributed by atoms with Gasteiger partial charge in [0.05, 0.1) is 18.4 Å². The van der Waals surface area contributed by atoms with E-state index in [1.165, 1.54) is 19.1 Å². The van der Waals surface area contributed by atoms with Crippen LogP contribution in [-0.4, -0.2) is 32.7 Å². The van der Waals surface area contributed by atoms with E-state index in [1.807, 2.05) is 30.3 Å². The second-order valence-corrected chi connectivity index (χ2v) is 7.38. The zero-order valence-electron chi connectivity index (χ0n) is 16.7. The Balaban J connectivity index is 1.84. The van der Waals surface area contributed by atoms with Gasteiger partial charge in [-0.15, -0.1) is 0 Å². The molecule has 6 nitrogen and oxygen atoms in total. The number of nitrogens with one attached hydrogen (secondary N) is 2. The Morgan fingerprint density at radius 1 is 1.20 bits per heavy atom. The van der Waals surface area contributed by atoms with Gasteiger partial charge in [0, 0.05) is 24.1 Å². The number of aromatic amines is 1. The Bertz CT molecular complexity index is 1040. The molecule has 3 rings (SSSR count). The van der Waals surface area contributed by atoms with Crippen molar-refractivity contribution < 1.29 is 14.0 Å². The van der Waals surface area contributed by atoms with Gasteiger partial charge in [0.15, 0.2) is 0 Å². The van der Waals surface area contributed by atoms with Gasteiger partial charge in [-0.3, -0.25) is 9.59 Å². The summed E-state index contributed by atoms with van der Waals surface area (Å²) in [6.07, 6.45) is 1.66. The summed E-state index contributed by atoms with van der Waals surface area (Å²) in [4.78, 5) is 33.5. The summed E-state index contributed by atoms with van der Waals surface area (Å²) >= 11 is 6.16. The highest BCUT2D eigenvalue weighted by molar-refractivity contribution is 6.31. The molecule has 8 heteroatoms. The number of benzene rings is 2. The smallest absolute Gasteiger partial charge is 0.245 e. The number of H-pyrrole nitrogens is 1. The summed E-state index contributed by atoms with van der Waals surface area (Å²) < 4.78 is 13.4. The van der Waals surface area contributed by atoms with Gasteiger partial charge in [-0.2, -0.15) is 0 Å². The Kier molecular flexibility index (Phi) is 6.84. The number of halogens is 2. The maximum absolute atomic E-state index is 13.4. The molecule has 2 N–H and O–H groups in total. The number of rotatable bonds is 7. The van der Waals surface area contributed by atoms with E-state index in [0.29, 0.717) is 11.4 Å². The SMILES string of the molecule is CC(=O)NC(C)C(=O)N(Cc1cnc(-c2ccccc2)[nH]1)Cc1ccc(F)cc1Cl. The Hall–Kier alpha value is -3.19. The molecule has 2 amide bonds. The maximum atomic E-state index is 13.4. The van der Waals surface area contributed by atoms with Gasteiger partial charge in [-0.05, 0) is 24.6 Å². The lowest BCUT2D eigenvalue weighted by Crippen LogP contribution is -2.45. The highest BCUT2D eigenvalue weighted by Crippen LogP contribution is 2.21. The third kappa shape index (κ3) is 5.45. The van der Waals surface area contributed by atoms with Crippen molar-refractivity contribution in [3.8, 4) is 11.4 Å². The van der Waals surface area contributed by atoms with Gasteiger partial charge in [-0.1, -0.05) is 48.0 Å². The zero-order chi connectivity index (χ0) is 21.7. The average Bonchev–Trinajstić information content (AvgIpc) is 3.17. The molecule has 0 saturated carbocycles. The van der Waals surface area contributed by atoms with Crippen LogP contribution in [0.15, 0.2) is 54.7 Å². The molecule has 1 atom stereocenters. The van der Waals surface area contributed by atoms with E-state index in [4.69, 9.17) is 11.6 Å². The van der Waals surface area contributed by atoms with Crippen molar-refractivity contribution in [3.63, 3.8) is 0 Å². The number of hydrogen-bond acceptors (Lipinski definition) is 3. The average molecular weight is 429 g/mol. The number of imidazole rings is 1. The molecule has 30 heavy (non-hydrogen) atoms. The number of hydrogen-bond donors (Lipinski definition) is 2. The van der Waals surface area contributed by atoms with Crippen LogP contribution < -0.4 is 5.32 Å². The minimum absolute atomic E-state index is 0.154. The summed E-state index contributed by atoms with van der Waals surface area (Å²) in [5.41, 5.74) is 2.24. The topological polar surface area (TPSA) is 78.1 Å². The van der Waals surface area contributed by atoms with Crippen LogP contribution in [0.1, 0.15) is 25.1 Å². The molecular weight excluding hydrogens is 407 g/mol. The lowest BCUT2D eigenvalue weighted by molar-refractivity contribution is -0.136. The van der Waals surface area contributed by atoms with Gasteiger partial charge in [-0.25, -0.2) is 9.37 Å². The monoisotopic (exact) mass is 428 g/mol. The number of amides is 2. The molecule has 1 aromatic heterocycles. The van der Waals surface area contributed by atoms with Crippen molar-refractivity contribution >= 4 is 23.4 Å². The van der Waals surface area contributed by atoms with Gasteiger partial charge in [0.2, 0.25) is 11.8 Å². The fraction of sp³-hybridized carbons (Fsp3) is 0.227. The number of carbonyl (C=O) groups excluding carboxylic acids is 2. The fourth-order valence-electron chi connectivity index (χ4n) is 3.10. The largest absolute Gasteiger partial charge is 0.345 e. The molecule has 0 bridgehead atoms. The van der Waals surface area contributed by atoms with Crippen molar-refractivity contribution in [2.24, 2.45) is 0 Å². The second-order valence-electron chi connectivity index (χ2n) is 6.98. The molecule has 0 fully saturated rings. The Morgan fingerprint density at radius 3 is 2.60 bits per heavy atom. The summed E-state index contributed by atoms with van der Waals surface area (Å²) in [6.45, 7) is 3.34. The summed E-state index contributed by atoms with van der Waals surface area (Å²) in [5.74, 6) is -0.355. The molecular formula is C22H22ClFN4O2. The Morgan fingerprint density at radius 2 is 1.93 bits per heavy atom. The number of nitrogens with zero attached hydrogens (tertiary/aromatic N) is 2. The molecule has 1 unspecified atom stereocenters. The van der Waals surface area contributed by atoms with Crippen LogP contribution in [0.2, 0.25) is 5.02 Å². The minimum Gasteiger partial charge on any atom is -0.345 e. The minimum atomic E-state index is -0.724. The van der Waals surface area contributed by atoms with Crippen LogP contribution in [0, 0.1) is 5.82 Å².